The molecule has 0 saturated heterocycles. The van der Waals surface area contributed by atoms with Crippen LogP contribution in [0.3, 0.4) is 0 Å². The zero-order valence-corrected chi connectivity index (χ0v) is 25.4. The number of rotatable bonds is 12. The van der Waals surface area contributed by atoms with Gasteiger partial charge in [-0.3, -0.25) is 0 Å². The number of aryl methyl sites for hydroxylation is 1. The Hall–Kier alpha value is -2.62. The fourth-order valence-corrected chi connectivity index (χ4v) is 7.65. The quantitative estimate of drug-likeness (QED) is 0.215. The molecule has 0 bridgehead atoms. The molecule has 2 heterocycles. The minimum absolute atomic E-state index is 0.171. The number of fused-ring (bicyclic) bond motifs is 2. The summed E-state index contributed by atoms with van der Waals surface area (Å²) in [5.41, 5.74) is 2.64. The molecule has 0 amide bonds. The Kier molecular flexibility index (Phi) is 9.47. The van der Waals surface area contributed by atoms with Gasteiger partial charge in [0.05, 0.1) is 51.2 Å². The van der Waals surface area contributed by atoms with E-state index in [4.69, 9.17) is 9.47 Å². The summed E-state index contributed by atoms with van der Waals surface area (Å²) in [5.74, 6) is 0.409. The Morgan fingerprint density at radius 1 is 0.975 bits per heavy atom. The topological polar surface area (TPSA) is 140 Å². The lowest BCUT2D eigenvalue weighted by Gasteiger charge is -2.21. The molecule has 1 aromatic heterocycles. The minimum Gasteiger partial charge on any atom is -0.748 e. The Morgan fingerprint density at radius 3 is 2.30 bits per heavy atom. The summed E-state index contributed by atoms with van der Waals surface area (Å²) in [6.07, 6.45) is 4.31. The van der Waals surface area contributed by atoms with Crippen LogP contribution in [0, 0.1) is 0 Å². The van der Waals surface area contributed by atoms with E-state index in [0.29, 0.717) is 24.6 Å². The largest absolute Gasteiger partial charge is 0.748 e. The number of thiazole rings is 1. The van der Waals surface area contributed by atoms with Crippen LogP contribution in [-0.2, 0) is 26.8 Å². The predicted molar refractivity (Wildman–Crippen MR) is 155 cm³/mol. The maximum absolute atomic E-state index is 11.2. The van der Waals surface area contributed by atoms with Gasteiger partial charge in [0, 0.05) is 41.5 Å². The summed E-state index contributed by atoms with van der Waals surface area (Å²) in [7, 11) is -5.52. The van der Waals surface area contributed by atoms with Gasteiger partial charge in [0.15, 0.2) is 6.54 Å². The number of hydrogen-bond donors (Lipinski definition) is 0. The molecule has 1 aliphatic rings. The Balaban J connectivity index is 1.69. The van der Waals surface area contributed by atoms with Crippen LogP contribution in [0.1, 0.15) is 24.8 Å². The van der Waals surface area contributed by atoms with Gasteiger partial charge in [0.25, 0.3) is 5.01 Å². The van der Waals surface area contributed by atoms with Crippen molar-refractivity contribution in [1.29, 1.82) is 0 Å². The van der Waals surface area contributed by atoms with Crippen molar-refractivity contribution >= 4 is 65.3 Å². The first-order valence-electron chi connectivity index (χ1n) is 12.3. The molecule has 4 rings (SSSR count). The molecule has 0 unspecified atom stereocenters. The molecule has 0 N–H and O–H groups in total. The summed E-state index contributed by atoms with van der Waals surface area (Å²) >= 11 is 3.07. The highest BCUT2D eigenvalue weighted by atomic mass is 32.2. The summed E-state index contributed by atoms with van der Waals surface area (Å²) < 4.78 is 80.9. The highest BCUT2D eigenvalue weighted by molar-refractivity contribution is 8.03. The van der Waals surface area contributed by atoms with Crippen LogP contribution in [0.2, 0.25) is 0 Å². The van der Waals surface area contributed by atoms with Crippen LogP contribution in [-0.4, -0.2) is 58.2 Å². The smallest absolute Gasteiger partial charge is 0.263 e. The normalized spacial score (nSPS) is 15.2. The lowest BCUT2D eigenvalue weighted by atomic mass is 10.2. The zero-order valence-electron chi connectivity index (χ0n) is 22.2. The van der Waals surface area contributed by atoms with Crippen molar-refractivity contribution < 1.29 is 40.0 Å². The molecule has 0 aliphatic carbocycles. The highest BCUT2D eigenvalue weighted by Crippen LogP contribution is 2.47. The van der Waals surface area contributed by atoms with E-state index in [1.165, 1.54) is 23.1 Å². The van der Waals surface area contributed by atoms with E-state index < -0.39 is 31.7 Å². The third-order valence-electron chi connectivity index (χ3n) is 6.13. The van der Waals surface area contributed by atoms with E-state index in [9.17, 15) is 25.9 Å². The number of ether oxygens (including phenoxy) is 2. The molecule has 0 saturated carbocycles. The predicted octanol–water partition coefficient (Wildman–Crippen LogP) is 3.93. The fourth-order valence-electron chi connectivity index (χ4n) is 4.32. The minimum atomic E-state index is -4.33. The fraction of sp³-hybridized carbons (Fsp3) is 0.346. The molecule has 14 heteroatoms. The molecule has 40 heavy (non-hydrogen) atoms. The molecule has 0 spiro atoms. The Morgan fingerprint density at radius 2 is 1.62 bits per heavy atom. The summed E-state index contributed by atoms with van der Waals surface area (Å²) in [6, 6.07) is 11.3. The SMILES string of the molecule is COc1ccc2c(c1)N(CCCS(=O)(=O)[O-])C(=CC(C)=Cc1sc3ccc(OC)cc3[n+]1CCCS(=O)(=O)[O-])S2. The Labute approximate surface area is 242 Å². The first-order valence-corrected chi connectivity index (χ1v) is 17.1. The molecular formula is C26H29N2O8S4-. The monoisotopic (exact) mass is 625 g/mol. The number of benzene rings is 2. The average Bonchev–Trinajstić information content (AvgIpc) is 3.38. The number of methoxy groups -OCH3 is 2. The molecule has 3 aromatic rings. The van der Waals surface area contributed by atoms with Crippen molar-refractivity contribution in [2.45, 2.75) is 31.2 Å². The molecule has 1 aliphatic heterocycles. The van der Waals surface area contributed by atoms with Gasteiger partial charge < -0.3 is 23.5 Å². The maximum Gasteiger partial charge on any atom is 0.263 e. The van der Waals surface area contributed by atoms with E-state index in [2.05, 4.69) is 0 Å². The van der Waals surface area contributed by atoms with Gasteiger partial charge in [-0.05, 0) is 49.3 Å². The molecule has 10 nitrogen and oxygen atoms in total. The van der Waals surface area contributed by atoms with Crippen LogP contribution < -0.4 is 18.9 Å². The van der Waals surface area contributed by atoms with Crippen molar-refractivity contribution in [3.8, 4) is 11.5 Å². The molecule has 0 atom stereocenters. The number of anilines is 1. The van der Waals surface area contributed by atoms with Gasteiger partial charge in [-0.2, -0.15) is 4.57 Å². The first-order chi connectivity index (χ1) is 18.9. The molecule has 0 fully saturated rings. The second-order valence-electron chi connectivity index (χ2n) is 9.11. The van der Waals surface area contributed by atoms with Gasteiger partial charge >= 0.3 is 0 Å². The van der Waals surface area contributed by atoms with Gasteiger partial charge in [0.2, 0.25) is 5.52 Å². The van der Waals surface area contributed by atoms with E-state index in [-0.39, 0.29) is 12.8 Å². The maximum atomic E-state index is 11.2. The second-order valence-corrected chi connectivity index (χ2v) is 14.3. The van der Waals surface area contributed by atoms with Crippen molar-refractivity contribution in [2.75, 3.05) is 37.2 Å². The number of aromatic nitrogens is 1. The van der Waals surface area contributed by atoms with Crippen LogP contribution in [0.4, 0.5) is 5.69 Å². The molecule has 2 aromatic carbocycles. The molecule has 0 radical (unpaired) electrons. The van der Waals surface area contributed by atoms with Crippen LogP contribution in [0.25, 0.3) is 16.3 Å². The first kappa shape index (κ1) is 30.3. The molecule has 216 valence electrons. The van der Waals surface area contributed by atoms with E-state index in [0.717, 1.165) is 36.4 Å². The van der Waals surface area contributed by atoms with Crippen molar-refractivity contribution in [3.05, 3.63) is 58.1 Å². The lowest BCUT2D eigenvalue weighted by Crippen LogP contribution is -2.36. The van der Waals surface area contributed by atoms with Gasteiger partial charge in [-0.15, -0.1) is 0 Å². The number of thioether (sulfide) groups is 1. The van der Waals surface area contributed by atoms with Gasteiger partial charge in [0.1, 0.15) is 16.2 Å². The van der Waals surface area contributed by atoms with Crippen LogP contribution >= 0.6 is 23.1 Å². The summed E-state index contributed by atoms with van der Waals surface area (Å²) in [6.45, 7) is 2.61. The van der Waals surface area contributed by atoms with Gasteiger partial charge in [-0.1, -0.05) is 23.1 Å². The summed E-state index contributed by atoms with van der Waals surface area (Å²) in [5, 5.41) is 1.74. The van der Waals surface area contributed by atoms with Crippen molar-refractivity contribution in [1.82, 2.24) is 0 Å². The Bertz CT molecular complexity index is 1680. The van der Waals surface area contributed by atoms with Crippen molar-refractivity contribution in [2.24, 2.45) is 0 Å². The van der Waals surface area contributed by atoms with Gasteiger partial charge in [-0.25, -0.2) is 16.8 Å². The van der Waals surface area contributed by atoms with Crippen LogP contribution in [0.5, 0.6) is 11.5 Å². The average molecular weight is 626 g/mol. The zero-order chi connectivity index (χ0) is 29.1. The van der Waals surface area contributed by atoms with Crippen molar-refractivity contribution in [3.63, 3.8) is 0 Å². The standard InChI is InChI=1S/C26H30N2O8S4/c1-18(14-25-27(10-4-12-39(29,30)31)21-16-19(35-2)6-8-23(21)37-25)15-26-28(11-5-13-40(32,33)34)22-17-20(36-3)7-9-24(22)38-26/h6-9,14-17H,4-5,10-13H2,1-3H3,(H-,29,30,31,32,33,34)/p-1. The van der Waals surface area contributed by atoms with Crippen LogP contribution in [0.15, 0.2) is 58.0 Å². The lowest BCUT2D eigenvalue weighted by molar-refractivity contribution is -0.668. The third kappa shape index (κ3) is 7.77. The van der Waals surface area contributed by atoms with E-state index >= 15 is 0 Å². The summed E-state index contributed by atoms with van der Waals surface area (Å²) in [4.78, 5) is 2.96. The highest BCUT2D eigenvalue weighted by Gasteiger charge is 2.26. The third-order valence-corrected chi connectivity index (χ3v) is 9.93. The van der Waals surface area contributed by atoms with E-state index in [1.807, 2.05) is 64.9 Å². The second kappa shape index (κ2) is 12.5. The molecular weight excluding hydrogens is 597 g/mol. The number of hydrogen-bond acceptors (Lipinski definition) is 11. The van der Waals surface area contributed by atoms with E-state index in [1.54, 1.807) is 14.2 Å². The number of nitrogens with zero attached hydrogens (tertiary/aromatic N) is 2. The number of allylic oxidation sites excluding steroid dienone is 2.